The monoisotopic (exact) mass is 384 g/mol. The van der Waals surface area contributed by atoms with Crippen molar-refractivity contribution in [1.82, 2.24) is 9.80 Å². The maximum atomic E-state index is 11.5. The lowest BCUT2D eigenvalue weighted by molar-refractivity contribution is 0.144. The molecule has 1 heterocycles. The lowest BCUT2D eigenvalue weighted by atomic mass is 9.77. The average molecular weight is 385 g/mol. The molecule has 154 valence electrons. The molecule has 2 fully saturated rings. The molecule has 0 unspecified atom stereocenters. The van der Waals surface area contributed by atoms with Crippen molar-refractivity contribution in [3.05, 3.63) is 34.9 Å². The van der Waals surface area contributed by atoms with Crippen molar-refractivity contribution in [2.45, 2.75) is 83.2 Å². The molecule has 28 heavy (non-hydrogen) atoms. The Balaban J connectivity index is 1.43. The fourth-order valence-electron chi connectivity index (χ4n) is 6.03. The fourth-order valence-corrected chi connectivity index (χ4v) is 6.03. The number of carbonyl (C=O) groups is 1. The first-order chi connectivity index (χ1) is 13.7. The smallest absolute Gasteiger partial charge is 0.407 e. The first-order valence-corrected chi connectivity index (χ1v) is 11.5. The van der Waals surface area contributed by atoms with Gasteiger partial charge in [-0.25, -0.2) is 4.79 Å². The van der Waals surface area contributed by atoms with Gasteiger partial charge in [-0.15, -0.1) is 0 Å². The Morgan fingerprint density at radius 3 is 2.75 bits per heavy atom. The van der Waals surface area contributed by atoms with E-state index in [-0.39, 0.29) is 0 Å². The van der Waals surface area contributed by atoms with Crippen LogP contribution in [0.4, 0.5) is 4.79 Å². The number of hydrogen-bond donors (Lipinski definition) is 1. The average Bonchev–Trinajstić information content (AvgIpc) is 3.14. The van der Waals surface area contributed by atoms with E-state index in [1.54, 1.807) is 0 Å². The molecule has 2 atom stereocenters. The third-order valence-corrected chi connectivity index (χ3v) is 7.62. The van der Waals surface area contributed by atoms with Gasteiger partial charge in [0.15, 0.2) is 0 Å². The highest BCUT2D eigenvalue weighted by Crippen LogP contribution is 2.43. The SMILES string of the molecule is CCN(Cc1cccc2c1CC[C@H]1[C@@H]2CCN1CCC1CCCCC1)C(=O)O. The Morgan fingerprint density at radius 2 is 2.00 bits per heavy atom. The van der Waals surface area contributed by atoms with Crippen LogP contribution in [-0.2, 0) is 13.0 Å². The van der Waals surface area contributed by atoms with Crippen molar-refractivity contribution in [2.24, 2.45) is 5.92 Å². The lowest BCUT2D eigenvalue weighted by Gasteiger charge is -2.35. The van der Waals surface area contributed by atoms with Gasteiger partial charge >= 0.3 is 6.09 Å². The molecule has 1 saturated heterocycles. The summed E-state index contributed by atoms with van der Waals surface area (Å²) in [6.07, 6.45) is 11.4. The predicted molar refractivity (Wildman–Crippen MR) is 113 cm³/mol. The van der Waals surface area contributed by atoms with Crippen LogP contribution in [0.15, 0.2) is 18.2 Å². The van der Waals surface area contributed by atoms with Gasteiger partial charge in [-0.05, 0) is 68.3 Å². The first kappa shape index (κ1) is 19.8. The summed E-state index contributed by atoms with van der Waals surface area (Å²) in [7, 11) is 0. The fraction of sp³-hybridized carbons (Fsp3) is 0.708. The van der Waals surface area contributed by atoms with Crippen LogP contribution in [0.1, 0.15) is 80.9 Å². The second-order valence-electron chi connectivity index (χ2n) is 9.11. The molecule has 2 aliphatic carbocycles. The first-order valence-electron chi connectivity index (χ1n) is 11.5. The second-order valence-corrected chi connectivity index (χ2v) is 9.11. The van der Waals surface area contributed by atoms with E-state index in [9.17, 15) is 9.90 Å². The number of hydrogen-bond acceptors (Lipinski definition) is 2. The van der Waals surface area contributed by atoms with Crippen LogP contribution in [-0.4, -0.2) is 46.7 Å². The summed E-state index contributed by atoms with van der Waals surface area (Å²) in [5, 5.41) is 9.41. The van der Waals surface area contributed by atoms with Crippen molar-refractivity contribution < 1.29 is 9.90 Å². The topological polar surface area (TPSA) is 43.8 Å². The molecule has 3 aliphatic rings. The Hall–Kier alpha value is -1.55. The van der Waals surface area contributed by atoms with E-state index in [1.165, 1.54) is 86.0 Å². The van der Waals surface area contributed by atoms with E-state index in [4.69, 9.17) is 0 Å². The Kier molecular flexibility index (Phi) is 6.25. The molecule has 1 aromatic rings. The standard InChI is InChI=1S/C24H36N2O2/c1-2-25(24(27)28)17-19-9-6-10-21-20(19)11-12-23-22(21)14-16-26(23)15-13-18-7-4-3-5-8-18/h6,9-10,18,22-23H,2-5,7-8,11-17H2,1H3,(H,27,28)/t22-,23+/m1/s1. The minimum absolute atomic E-state index is 0.526. The third-order valence-electron chi connectivity index (χ3n) is 7.62. The molecule has 1 N–H and O–H groups in total. The number of nitrogens with zero attached hydrogens (tertiary/aromatic N) is 2. The Bertz CT molecular complexity index is 683. The summed E-state index contributed by atoms with van der Waals surface area (Å²) < 4.78 is 0. The van der Waals surface area contributed by atoms with Crippen molar-refractivity contribution in [3.8, 4) is 0 Å². The number of rotatable bonds is 6. The second kappa shape index (κ2) is 8.86. The highest BCUT2D eigenvalue weighted by molar-refractivity contribution is 5.65. The summed E-state index contributed by atoms with van der Waals surface area (Å²) >= 11 is 0. The van der Waals surface area contributed by atoms with Crippen LogP contribution in [0.2, 0.25) is 0 Å². The van der Waals surface area contributed by atoms with E-state index < -0.39 is 6.09 Å². The molecule has 1 aliphatic heterocycles. The molecule has 4 heteroatoms. The molecule has 0 bridgehead atoms. The van der Waals surface area contributed by atoms with Crippen molar-refractivity contribution in [2.75, 3.05) is 19.6 Å². The highest BCUT2D eigenvalue weighted by atomic mass is 16.4. The number of amides is 1. The normalized spacial score (nSPS) is 25.3. The quantitative estimate of drug-likeness (QED) is 0.727. The largest absolute Gasteiger partial charge is 0.465 e. The van der Waals surface area contributed by atoms with E-state index in [1.807, 2.05) is 6.92 Å². The molecule has 0 spiro atoms. The van der Waals surface area contributed by atoms with Crippen molar-refractivity contribution in [1.29, 1.82) is 0 Å². The van der Waals surface area contributed by atoms with Crippen LogP contribution in [0.25, 0.3) is 0 Å². The van der Waals surface area contributed by atoms with Gasteiger partial charge in [0.05, 0.1) is 0 Å². The zero-order chi connectivity index (χ0) is 19.5. The minimum Gasteiger partial charge on any atom is -0.465 e. The summed E-state index contributed by atoms with van der Waals surface area (Å²) in [6, 6.07) is 7.31. The molecule has 4 rings (SSSR count). The maximum absolute atomic E-state index is 11.5. The van der Waals surface area contributed by atoms with Gasteiger partial charge in [-0.3, -0.25) is 4.90 Å². The number of fused-ring (bicyclic) bond motifs is 3. The zero-order valence-electron chi connectivity index (χ0n) is 17.4. The number of likely N-dealkylation sites (tertiary alicyclic amines) is 1. The van der Waals surface area contributed by atoms with Gasteiger partial charge in [0.1, 0.15) is 0 Å². The van der Waals surface area contributed by atoms with Crippen LogP contribution in [0.3, 0.4) is 0 Å². The zero-order valence-corrected chi connectivity index (χ0v) is 17.4. The van der Waals surface area contributed by atoms with Gasteiger partial charge in [0.2, 0.25) is 0 Å². The van der Waals surface area contributed by atoms with Crippen LogP contribution in [0, 0.1) is 5.92 Å². The van der Waals surface area contributed by atoms with E-state index in [2.05, 4.69) is 23.1 Å². The van der Waals surface area contributed by atoms with Crippen molar-refractivity contribution in [3.63, 3.8) is 0 Å². The van der Waals surface area contributed by atoms with Gasteiger partial charge in [-0.1, -0.05) is 50.3 Å². The molecule has 0 aromatic heterocycles. The molecule has 1 aromatic carbocycles. The molecule has 1 amide bonds. The Morgan fingerprint density at radius 1 is 1.18 bits per heavy atom. The van der Waals surface area contributed by atoms with E-state index >= 15 is 0 Å². The lowest BCUT2D eigenvalue weighted by Crippen LogP contribution is -2.37. The number of carboxylic acid groups (broad SMARTS) is 1. The van der Waals surface area contributed by atoms with Gasteiger partial charge in [0, 0.05) is 25.0 Å². The van der Waals surface area contributed by atoms with Crippen LogP contribution < -0.4 is 0 Å². The highest BCUT2D eigenvalue weighted by Gasteiger charge is 2.39. The molecular formula is C24H36N2O2. The summed E-state index contributed by atoms with van der Waals surface area (Å²) in [4.78, 5) is 15.8. The van der Waals surface area contributed by atoms with E-state index in [0.29, 0.717) is 25.0 Å². The molecule has 0 radical (unpaired) electrons. The van der Waals surface area contributed by atoms with Crippen LogP contribution in [0.5, 0.6) is 0 Å². The number of benzene rings is 1. The summed E-state index contributed by atoms with van der Waals surface area (Å²) in [5.41, 5.74) is 4.17. The van der Waals surface area contributed by atoms with Gasteiger partial charge < -0.3 is 10.0 Å². The predicted octanol–water partition coefficient (Wildman–Crippen LogP) is 5.26. The molecule has 4 nitrogen and oxygen atoms in total. The van der Waals surface area contributed by atoms with Crippen LogP contribution >= 0.6 is 0 Å². The third kappa shape index (κ3) is 4.07. The van der Waals surface area contributed by atoms with Crippen molar-refractivity contribution >= 4 is 6.09 Å². The Labute approximate surface area is 169 Å². The summed E-state index contributed by atoms with van der Waals surface area (Å²) in [6.45, 7) is 5.50. The molecular weight excluding hydrogens is 348 g/mol. The van der Waals surface area contributed by atoms with Gasteiger partial charge in [0.25, 0.3) is 0 Å². The van der Waals surface area contributed by atoms with E-state index in [0.717, 1.165) is 12.3 Å². The van der Waals surface area contributed by atoms with Gasteiger partial charge in [-0.2, -0.15) is 0 Å². The summed E-state index contributed by atoms with van der Waals surface area (Å²) in [5.74, 6) is 1.61. The minimum atomic E-state index is -0.816. The molecule has 1 saturated carbocycles. The maximum Gasteiger partial charge on any atom is 0.407 e.